The summed E-state index contributed by atoms with van der Waals surface area (Å²) in [6.45, 7) is 0.834. The first-order valence-electron chi connectivity index (χ1n) is 5.64. The highest BCUT2D eigenvalue weighted by molar-refractivity contribution is 5.67. The lowest BCUT2D eigenvalue weighted by Gasteiger charge is -2.06. The third kappa shape index (κ3) is 6.21. The van der Waals surface area contributed by atoms with Crippen LogP contribution in [-0.2, 0) is 11.3 Å². The van der Waals surface area contributed by atoms with E-state index in [4.69, 9.17) is 10.00 Å². The van der Waals surface area contributed by atoms with Crippen molar-refractivity contribution in [1.29, 1.82) is 5.26 Å². The molecule has 1 amide bonds. The van der Waals surface area contributed by atoms with Crippen LogP contribution in [0.3, 0.4) is 0 Å². The predicted octanol–water partition coefficient (Wildman–Crippen LogP) is 2.61. The van der Waals surface area contributed by atoms with Gasteiger partial charge in [0.1, 0.15) is 6.61 Å². The number of nitrogens with one attached hydrogen (secondary N) is 1. The minimum absolute atomic E-state index is 0.283. The molecule has 0 aliphatic carbocycles. The largest absolute Gasteiger partial charge is 0.445 e. The minimum Gasteiger partial charge on any atom is -0.445 e. The van der Waals surface area contributed by atoms with E-state index in [0.717, 1.165) is 18.4 Å². The van der Waals surface area contributed by atoms with Crippen molar-refractivity contribution in [3.8, 4) is 6.07 Å². The average Bonchev–Trinajstić information content (AvgIpc) is 2.37. The Morgan fingerprint density at radius 2 is 2.06 bits per heavy atom. The van der Waals surface area contributed by atoms with Crippen LogP contribution in [0.1, 0.15) is 24.8 Å². The molecule has 0 saturated carbocycles. The van der Waals surface area contributed by atoms with Crippen LogP contribution in [0.15, 0.2) is 30.3 Å². The lowest BCUT2D eigenvalue weighted by atomic mass is 10.2. The molecular weight excluding hydrogens is 216 g/mol. The van der Waals surface area contributed by atoms with Gasteiger partial charge >= 0.3 is 6.09 Å². The number of hydrogen-bond acceptors (Lipinski definition) is 3. The van der Waals surface area contributed by atoms with Gasteiger partial charge in [0.05, 0.1) is 6.07 Å². The maximum absolute atomic E-state index is 11.3. The van der Waals surface area contributed by atoms with Gasteiger partial charge in [-0.25, -0.2) is 4.79 Å². The molecule has 4 nitrogen and oxygen atoms in total. The Morgan fingerprint density at radius 3 is 2.76 bits per heavy atom. The minimum atomic E-state index is -0.411. The molecule has 1 aromatic carbocycles. The number of rotatable bonds is 6. The standard InChI is InChI=1S/C13H16N2O2/c14-9-5-2-6-10-15-13(16)17-11-12-7-3-1-4-8-12/h1,3-4,7-8H,2,5-6,10-11H2,(H,15,16). The third-order valence-electron chi connectivity index (χ3n) is 2.20. The summed E-state index contributed by atoms with van der Waals surface area (Å²) in [5, 5.41) is 11.0. The van der Waals surface area contributed by atoms with Gasteiger partial charge in [-0.05, 0) is 18.4 Å². The van der Waals surface area contributed by atoms with Crippen LogP contribution in [-0.4, -0.2) is 12.6 Å². The van der Waals surface area contributed by atoms with Crippen LogP contribution in [0.2, 0.25) is 0 Å². The molecule has 1 rings (SSSR count). The van der Waals surface area contributed by atoms with E-state index in [1.165, 1.54) is 0 Å². The zero-order valence-electron chi connectivity index (χ0n) is 9.69. The normalized spacial score (nSPS) is 9.35. The quantitative estimate of drug-likeness (QED) is 0.767. The van der Waals surface area contributed by atoms with E-state index >= 15 is 0 Å². The molecule has 0 radical (unpaired) electrons. The van der Waals surface area contributed by atoms with Crippen molar-refractivity contribution in [1.82, 2.24) is 5.32 Å². The molecule has 0 spiro atoms. The number of nitrogens with zero attached hydrogens (tertiary/aromatic N) is 1. The first kappa shape index (κ1) is 13.0. The van der Waals surface area contributed by atoms with Crippen molar-refractivity contribution in [2.24, 2.45) is 0 Å². The van der Waals surface area contributed by atoms with E-state index < -0.39 is 6.09 Å². The van der Waals surface area contributed by atoms with Crippen LogP contribution in [0.25, 0.3) is 0 Å². The summed E-state index contributed by atoms with van der Waals surface area (Å²) >= 11 is 0. The van der Waals surface area contributed by atoms with E-state index in [2.05, 4.69) is 11.4 Å². The molecule has 1 aromatic rings. The molecule has 0 atom stereocenters. The van der Waals surface area contributed by atoms with Crippen molar-refractivity contribution < 1.29 is 9.53 Å². The Hall–Kier alpha value is -2.02. The monoisotopic (exact) mass is 232 g/mol. The predicted molar refractivity (Wildman–Crippen MR) is 64.1 cm³/mol. The van der Waals surface area contributed by atoms with Crippen LogP contribution >= 0.6 is 0 Å². The number of nitriles is 1. The first-order chi connectivity index (χ1) is 8.33. The van der Waals surface area contributed by atoms with Crippen LogP contribution in [0.5, 0.6) is 0 Å². The Labute approximate surface area is 101 Å². The maximum Gasteiger partial charge on any atom is 0.407 e. The number of benzene rings is 1. The Balaban J connectivity index is 2.08. The molecule has 1 N–H and O–H groups in total. The van der Waals surface area contributed by atoms with Gasteiger partial charge in [-0.3, -0.25) is 0 Å². The van der Waals surface area contributed by atoms with Crippen molar-refractivity contribution in [2.75, 3.05) is 6.54 Å². The summed E-state index contributed by atoms with van der Waals surface area (Å²) in [5.74, 6) is 0. The molecule has 0 aliphatic rings. The Morgan fingerprint density at radius 1 is 1.29 bits per heavy atom. The van der Waals surface area contributed by atoms with Crippen molar-refractivity contribution in [3.63, 3.8) is 0 Å². The van der Waals surface area contributed by atoms with E-state index in [-0.39, 0.29) is 6.61 Å². The Kier molecular flexibility index (Phi) is 6.27. The molecule has 0 saturated heterocycles. The van der Waals surface area contributed by atoms with E-state index in [1.54, 1.807) is 0 Å². The van der Waals surface area contributed by atoms with Gasteiger partial charge in [0.25, 0.3) is 0 Å². The van der Waals surface area contributed by atoms with Crippen LogP contribution in [0, 0.1) is 11.3 Å². The molecular formula is C13H16N2O2. The third-order valence-corrected chi connectivity index (χ3v) is 2.20. The van der Waals surface area contributed by atoms with E-state index in [1.807, 2.05) is 30.3 Å². The summed E-state index contributed by atoms with van der Waals surface area (Å²) in [6.07, 6.45) is 1.72. The fourth-order valence-corrected chi connectivity index (χ4v) is 1.29. The van der Waals surface area contributed by atoms with E-state index in [0.29, 0.717) is 13.0 Å². The number of hydrogen-bond donors (Lipinski definition) is 1. The summed E-state index contributed by atoms with van der Waals surface area (Å²) in [5.41, 5.74) is 0.965. The molecule has 4 heteroatoms. The molecule has 0 bridgehead atoms. The zero-order valence-corrected chi connectivity index (χ0v) is 9.69. The van der Waals surface area contributed by atoms with Crippen LogP contribution < -0.4 is 5.32 Å². The van der Waals surface area contributed by atoms with Crippen LogP contribution in [0.4, 0.5) is 4.79 Å². The number of ether oxygens (including phenoxy) is 1. The van der Waals surface area contributed by atoms with Gasteiger partial charge in [0.15, 0.2) is 0 Å². The molecule has 90 valence electrons. The van der Waals surface area contributed by atoms with Gasteiger partial charge < -0.3 is 10.1 Å². The molecule has 0 heterocycles. The average molecular weight is 232 g/mol. The number of amides is 1. The zero-order chi connectivity index (χ0) is 12.3. The number of alkyl carbamates (subject to hydrolysis) is 1. The Bertz CT molecular complexity index is 371. The summed E-state index contributed by atoms with van der Waals surface area (Å²) in [7, 11) is 0. The molecule has 0 fully saturated rings. The first-order valence-corrected chi connectivity index (χ1v) is 5.64. The fraction of sp³-hybridized carbons (Fsp3) is 0.385. The lowest BCUT2D eigenvalue weighted by molar-refractivity contribution is 0.139. The van der Waals surface area contributed by atoms with Gasteiger partial charge in [0.2, 0.25) is 0 Å². The molecule has 0 unspecified atom stereocenters. The molecule has 0 aromatic heterocycles. The van der Waals surface area contributed by atoms with Gasteiger partial charge in [0, 0.05) is 13.0 Å². The molecule has 0 aliphatic heterocycles. The highest BCUT2D eigenvalue weighted by atomic mass is 16.5. The highest BCUT2D eigenvalue weighted by Gasteiger charge is 2.00. The maximum atomic E-state index is 11.3. The number of carbonyl (C=O) groups is 1. The fourth-order valence-electron chi connectivity index (χ4n) is 1.29. The van der Waals surface area contributed by atoms with Gasteiger partial charge in [-0.2, -0.15) is 5.26 Å². The smallest absolute Gasteiger partial charge is 0.407 e. The van der Waals surface area contributed by atoms with Crippen molar-refractivity contribution >= 4 is 6.09 Å². The second kappa shape index (κ2) is 8.17. The van der Waals surface area contributed by atoms with Crippen molar-refractivity contribution in [2.45, 2.75) is 25.9 Å². The van der Waals surface area contributed by atoms with Crippen molar-refractivity contribution in [3.05, 3.63) is 35.9 Å². The number of carbonyl (C=O) groups excluding carboxylic acids is 1. The van der Waals surface area contributed by atoms with Gasteiger partial charge in [-0.1, -0.05) is 30.3 Å². The number of unbranched alkanes of at least 4 members (excludes halogenated alkanes) is 2. The van der Waals surface area contributed by atoms with Gasteiger partial charge in [-0.15, -0.1) is 0 Å². The highest BCUT2D eigenvalue weighted by Crippen LogP contribution is 2.00. The lowest BCUT2D eigenvalue weighted by Crippen LogP contribution is -2.25. The topological polar surface area (TPSA) is 62.1 Å². The summed E-state index contributed by atoms with van der Waals surface area (Å²) < 4.78 is 5.02. The SMILES string of the molecule is N#CCCCCNC(=O)OCc1ccccc1. The summed E-state index contributed by atoms with van der Waals surface area (Å²) in [6, 6.07) is 11.6. The second-order valence-corrected chi connectivity index (χ2v) is 3.60. The molecule has 17 heavy (non-hydrogen) atoms. The van der Waals surface area contributed by atoms with E-state index in [9.17, 15) is 4.79 Å². The second-order valence-electron chi connectivity index (χ2n) is 3.60. The summed E-state index contributed by atoms with van der Waals surface area (Å²) in [4.78, 5) is 11.3.